The molecular weight excluding hydrogens is 358 g/mol. The molecule has 28 heavy (non-hydrogen) atoms. The monoisotopic (exact) mass is 389 g/mol. The highest BCUT2D eigenvalue weighted by Gasteiger charge is 2.62. The molecule has 4 fully saturated rings. The molecule has 0 radical (unpaired) electrons. The molecule has 0 aromatic heterocycles. The van der Waals surface area contributed by atoms with Gasteiger partial charge in [0.05, 0.1) is 12.0 Å². The van der Waals surface area contributed by atoms with Crippen molar-refractivity contribution in [3.63, 3.8) is 0 Å². The lowest BCUT2D eigenvalue weighted by Crippen LogP contribution is -2.48. The minimum atomic E-state index is -0.874. The average Bonchev–Trinajstić information content (AvgIpc) is 3.33. The molecule has 0 saturated carbocycles. The SMILES string of the molecule is CC[C@H]1[C@H]2[C@@H](CCCN3[C@H]2CC[C@H]3[C@@H]2C[C@H](C)C(=O)O2)O[C@@]12C=C(C)C(=O)O2. The number of carbonyl (C=O) groups is 2. The van der Waals surface area contributed by atoms with Crippen molar-refractivity contribution in [3.8, 4) is 0 Å². The van der Waals surface area contributed by atoms with Crippen LogP contribution >= 0.6 is 0 Å². The molecule has 1 spiro atoms. The molecule has 5 rings (SSSR count). The number of esters is 2. The Kier molecular flexibility index (Phi) is 4.36. The van der Waals surface area contributed by atoms with Gasteiger partial charge in [-0.2, -0.15) is 0 Å². The number of cyclic esters (lactones) is 1. The molecule has 154 valence electrons. The minimum Gasteiger partial charge on any atom is -0.460 e. The zero-order valence-electron chi connectivity index (χ0n) is 17.1. The van der Waals surface area contributed by atoms with Crippen LogP contribution in [0.25, 0.3) is 0 Å². The summed E-state index contributed by atoms with van der Waals surface area (Å²) in [4.78, 5) is 26.7. The van der Waals surface area contributed by atoms with Crippen molar-refractivity contribution in [2.45, 2.75) is 89.4 Å². The first kappa shape index (κ1) is 18.6. The maximum atomic E-state index is 12.2. The highest BCUT2D eigenvalue weighted by molar-refractivity contribution is 5.90. The van der Waals surface area contributed by atoms with Crippen LogP contribution in [-0.2, 0) is 23.8 Å². The predicted molar refractivity (Wildman–Crippen MR) is 101 cm³/mol. The maximum Gasteiger partial charge on any atom is 0.336 e. The molecule has 0 amide bonds. The van der Waals surface area contributed by atoms with E-state index in [1.54, 1.807) is 0 Å². The number of nitrogens with zero attached hydrogens (tertiary/aromatic N) is 1. The Morgan fingerprint density at radius 1 is 1.18 bits per heavy atom. The molecule has 6 heteroatoms. The van der Waals surface area contributed by atoms with E-state index in [0.717, 1.165) is 45.1 Å². The van der Waals surface area contributed by atoms with Crippen molar-refractivity contribution < 1.29 is 23.8 Å². The topological polar surface area (TPSA) is 65.1 Å². The van der Waals surface area contributed by atoms with Crippen molar-refractivity contribution in [2.24, 2.45) is 17.8 Å². The molecule has 0 aliphatic carbocycles. The smallest absolute Gasteiger partial charge is 0.336 e. The van der Waals surface area contributed by atoms with Crippen LogP contribution in [0.3, 0.4) is 0 Å². The lowest BCUT2D eigenvalue weighted by molar-refractivity contribution is -0.204. The normalized spacial score (nSPS) is 48.2. The van der Waals surface area contributed by atoms with Crippen LogP contribution in [-0.4, -0.2) is 53.5 Å². The zero-order valence-corrected chi connectivity index (χ0v) is 17.1. The lowest BCUT2D eigenvalue weighted by atomic mass is 9.77. The fourth-order valence-electron chi connectivity index (χ4n) is 6.64. The van der Waals surface area contributed by atoms with E-state index in [9.17, 15) is 9.59 Å². The fraction of sp³-hybridized carbons (Fsp3) is 0.818. The van der Waals surface area contributed by atoms with E-state index in [0.29, 0.717) is 23.6 Å². The second-order valence-electron chi connectivity index (χ2n) is 9.39. The number of ether oxygens (including phenoxy) is 3. The minimum absolute atomic E-state index is 0.0104. The molecule has 6 nitrogen and oxygen atoms in total. The molecule has 5 aliphatic rings. The summed E-state index contributed by atoms with van der Waals surface area (Å²) in [6.07, 6.45) is 8.04. The molecule has 0 unspecified atom stereocenters. The first-order valence-corrected chi connectivity index (χ1v) is 11.0. The van der Waals surface area contributed by atoms with Crippen LogP contribution < -0.4 is 0 Å². The van der Waals surface area contributed by atoms with Crippen LogP contribution in [0.15, 0.2) is 11.6 Å². The van der Waals surface area contributed by atoms with Gasteiger partial charge < -0.3 is 14.2 Å². The van der Waals surface area contributed by atoms with Crippen LogP contribution in [0.2, 0.25) is 0 Å². The van der Waals surface area contributed by atoms with E-state index in [2.05, 4.69) is 11.8 Å². The molecule has 4 saturated heterocycles. The van der Waals surface area contributed by atoms with Gasteiger partial charge in [-0.15, -0.1) is 0 Å². The Morgan fingerprint density at radius 2 is 1.96 bits per heavy atom. The first-order valence-electron chi connectivity index (χ1n) is 11.0. The van der Waals surface area contributed by atoms with Crippen molar-refractivity contribution in [3.05, 3.63) is 11.6 Å². The molecule has 5 aliphatic heterocycles. The van der Waals surface area contributed by atoms with Gasteiger partial charge >= 0.3 is 11.9 Å². The standard InChI is InChI=1S/C22H31NO5/c1-4-14-19-16-8-7-15(18-10-12(2)20(24)26-18)23(16)9-5-6-17(19)27-22(14)11-13(3)21(25)28-22/h11-12,14-19H,4-10H2,1-3H3/t12-,14-,15-,16-,17+,18-,19+,22+/m0/s1. The number of hydrogen-bond donors (Lipinski definition) is 0. The van der Waals surface area contributed by atoms with Crippen LogP contribution in [0.5, 0.6) is 0 Å². The number of carbonyl (C=O) groups excluding carboxylic acids is 2. The van der Waals surface area contributed by atoms with E-state index < -0.39 is 5.79 Å². The van der Waals surface area contributed by atoms with Gasteiger partial charge in [-0.1, -0.05) is 13.8 Å². The lowest BCUT2D eigenvalue weighted by Gasteiger charge is -2.37. The third-order valence-corrected chi connectivity index (χ3v) is 7.82. The van der Waals surface area contributed by atoms with Gasteiger partial charge in [0.2, 0.25) is 5.79 Å². The van der Waals surface area contributed by atoms with Crippen molar-refractivity contribution >= 4 is 11.9 Å². The quantitative estimate of drug-likeness (QED) is 0.677. The highest BCUT2D eigenvalue weighted by Crippen LogP contribution is 2.54. The summed E-state index contributed by atoms with van der Waals surface area (Å²) in [5.74, 6) is -0.635. The summed E-state index contributed by atoms with van der Waals surface area (Å²) in [6.45, 7) is 6.99. The summed E-state index contributed by atoms with van der Waals surface area (Å²) >= 11 is 0. The Labute approximate surface area is 166 Å². The van der Waals surface area contributed by atoms with Crippen LogP contribution in [0.4, 0.5) is 0 Å². The Hall–Kier alpha value is -1.40. The third-order valence-electron chi connectivity index (χ3n) is 7.82. The van der Waals surface area contributed by atoms with Gasteiger partial charge in [-0.05, 0) is 58.1 Å². The van der Waals surface area contributed by atoms with Gasteiger partial charge in [-0.25, -0.2) is 4.79 Å². The van der Waals surface area contributed by atoms with Crippen molar-refractivity contribution in [1.82, 2.24) is 4.90 Å². The average molecular weight is 389 g/mol. The molecule has 0 aromatic carbocycles. The first-order chi connectivity index (χ1) is 13.4. The summed E-state index contributed by atoms with van der Waals surface area (Å²) in [7, 11) is 0. The van der Waals surface area contributed by atoms with E-state index in [4.69, 9.17) is 14.2 Å². The van der Waals surface area contributed by atoms with E-state index in [1.807, 2.05) is 19.9 Å². The zero-order chi connectivity index (χ0) is 19.6. The van der Waals surface area contributed by atoms with Crippen molar-refractivity contribution in [2.75, 3.05) is 6.54 Å². The van der Waals surface area contributed by atoms with E-state index in [1.165, 1.54) is 0 Å². The van der Waals surface area contributed by atoms with E-state index >= 15 is 0 Å². The number of fused-ring (bicyclic) bond motifs is 3. The maximum absolute atomic E-state index is 12.2. The Bertz CT molecular complexity index is 720. The summed E-state index contributed by atoms with van der Waals surface area (Å²) < 4.78 is 18.1. The molecule has 5 heterocycles. The van der Waals surface area contributed by atoms with Gasteiger partial charge in [0.1, 0.15) is 6.10 Å². The molecule has 8 atom stereocenters. The molecule has 0 N–H and O–H groups in total. The van der Waals surface area contributed by atoms with Crippen molar-refractivity contribution in [1.29, 1.82) is 0 Å². The second kappa shape index (κ2) is 6.56. The van der Waals surface area contributed by atoms with Gasteiger partial charge in [0.15, 0.2) is 0 Å². The van der Waals surface area contributed by atoms with E-state index in [-0.39, 0.29) is 36.0 Å². The molecule has 0 aromatic rings. The van der Waals surface area contributed by atoms with Crippen LogP contribution in [0, 0.1) is 17.8 Å². The van der Waals surface area contributed by atoms with Gasteiger partial charge in [-0.3, -0.25) is 9.69 Å². The summed E-state index contributed by atoms with van der Waals surface area (Å²) in [5, 5.41) is 0. The summed E-state index contributed by atoms with van der Waals surface area (Å²) in [5.41, 5.74) is 0.655. The fourth-order valence-corrected chi connectivity index (χ4v) is 6.64. The third kappa shape index (κ3) is 2.60. The Balaban J connectivity index is 1.43. The van der Waals surface area contributed by atoms with Crippen LogP contribution in [0.1, 0.15) is 59.3 Å². The predicted octanol–water partition coefficient (Wildman–Crippen LogP) is 2.81. The highest BCUT2D eigenvalue weighted by atomic mass is 16.7. The van der Waals surface area contributed by atoms with Gasteiger partial charge in [0, 0.05) is 29.5 Å². The number of rotatable bonds is 2. The molecular formula is C22H31NO5. The second-order valence-corrected chi connectivity index (χ2v) is 9.39. The number of hydrogen-bond acceptors (Lipinski definition) is 6. The molecule has 0 bridgehead atoms. The largest absolute Gasteiger partial charge is 0.460 e. The summed E-state index contributed by atoms with van der Waals surface area (Å²) in [6, 6.07) is 0.722. The Morgan fingerprint density at radius 3 is 2.61 bits per heavy atom. The van der Waals surface area contributed by atoms with Gasteiger partial charge in [0.25, 0.3) is 0 Å².